The Morgan fingerprint density at radius 1 is 1.44 bits per heavy atom. The molecule has 1 aromatic heterocycles. The summed E-state index contributed by atoms with van der Waals surface area (Å²) in [7, 11) is 0. The summed E-state index contributed by atoms with van der Waals surface area (Å²) in [6.07, 6.45) is 2.01. The summed E-state index contributed by atoms with van der Waals surface area (Å²) in [6.45, 7) is 0. The fourth-order valence-electron chi connectivity index (χ4n) is 1.77. The van der Waals surface area contributed by atoms with Gasteiger partial charge in [0.05, 0.1) is 0 Å². The average molecular weight is 218 g/mol. The third kappa shape index (κ3) is 1.91. The predicted octanol–water partition coefficient (Wildman–Crippen LogP) is 0.548. The molecule has 0 saturated heterocycles. The van der Waals surface area contributed by atoms with Crippen LogP contribution >= 0.6 is 0 Å². The molecule has 0 radical (unpaired) electrons. The van der Waals surface area contributed by atoms with Crippen molar-refractivity contribution in [3.8, 4) is 0 Å². The van der Waals surface area contributed by atoms with Crippen molar-refractivity contribution in [2.45, 2.75) is 12.5 Å². The Bertz CT molecular complexity index is 505. The van der Waals surface area contributed by atoms with Crippen LogP contribution in [0, 0.1) is 0 Å². The van der Waals surface area contributed by atoms with Crippen molar-refractivity contribution in [2.24, 2.45) is 11.6 Å². The SMILES string of the molecule is NNC(=O)CC(N)c1c[nH]c2ccccc12. The number of benzene rings is 1. The molecule has 2 rings (SSSR count). The monoisotopic (exact) mass is 218 g/mol. The number of amides is 1. The van der Waals surface area contributed by atoms with Crippen molar-refractivity contribution >= 4 is 16.8 Å². The van der Waals surface area contributed by atoms with Crippen LogP contribution < -0.4 is 17.0 Å². The molecule has 84 valence electrons. The van der Waals surface area contributed by atoms with Gasteiger partial charge in [0.2, 0.25) is 5.91 Å². The number of aromatic amines is 1. The molecule has 1 amide bonds. The molecule has 0 bridgehead atoms. The van der Waals surface area contributed by atoms with Crippen LogP contribution in [-0.2, 0) is 4.79 Å². The van der Waals surface area contributed by atoms with E-state index in [1.807, 2.05) is 30.5 Å². The predicted molar refractivity (Wildman–Crippen MR) is 62.2 cm³/mol. The van der Waals surface area contributed by atoms with E-state index in [2.05, 4.69) is 10.4 Å². The summed E-state index contributed by atoms with van der Waals surface area (Å²) >= 11 is 0. The van der Waals surface area contributed by atoms with E-state index < -0.39 is 0 Å². The molecule has 0 fully saturated rings. The zero-order valence-electron chi connectivity index (χ0n) is 8.73. The van der Waals surface area contributed by atoms with Gasteiger partial charge >= 0.3 is 0 Å². The number of aromatic nitrogens is 1. The number of carbonyl (C=O) groups is 1. The molecular weight excluding hydrogens is 204 g/mol. The van der Waals surface area contributed by atoms with Crippen molar-refractivity contribution in [2.75, 3.05) is 0 Å². The Balaban J connectivity index is 2.29. The number of hydrazine groups is 1. The average Bonchev–Trinajstić information content (AvgIpc) is 2.72. The molecule has 0 spiro atoms. The van der Waals surface area contributed by atoms with Crippen molar-refractivity contribution < 1.29 is 4.79 Å². The Morgan fingerprint density at radius 3 is 2.94 bits per heavy atom. The summed E-state index contributed by atoms with van der Waals surface area (Å²) in [5.74, 6) is 4.76. The quantitative estimate of drug-likeness (QED) is 0.344. The Labute approximate surface area is 92.8 Å². The number of nitrogens with two attached hydrogens (primary N) is 2. The molecule has 5 nitrogen and oxygen atoms in total. The molecule has 16 heavy (non-hydrogen) atoms. The lowest BCUT2D eigenvalue weighted by Gasteiger charge is -2.09. The summed E-state index contributed by atoms with van der Waals surface area (Å²) in [4.78, 5) is 14.2. The number of rotatable bonds is 3. The third-order valence-corrected chi connectivity index (χ3v) is 2.59. The van der Waals surface area contributed by atoms with E-state index in [1.54, 1.807) is 0 Å². The van der Waals surface area contributed by atoms with Crippen LogP contribution in [0.3, 0.4) is 0 Å². The number of carbonyl (C=O) groups excluding carboxylic acids is 1. The molecule has 6 N–H and O–H groups in total. The maximum absolute atomic E-state index is 11.1. The van der Waals surface area contributed by atoms with Crippen molar-refractivity contribution in [3.63, 3.8) is 0 Å². The van der Waals surface area contributed by atoms with E-state index in [1.165, 1.54) is 0 Å². The lowest BCUT2D eigenvalue weighted by Crippen LogP contribution is -2.32. The first-order chi connectivity index (χ1) is 7.72. The van der Waals surface area contributed by atoms with E-state index in [-0.39, 0.29) is 18.4 Å². The number of para-hydroxylation sites is 1. The van der Waals surface area contributed by atoms with Gasteiger partial charge in [0.15, 0.2) is 0 Å². The lowest BCUT2D eigenvalue weighted by atomic mass is 10.0. The van der Waals surface area contributed by atoms with Gasteiger partial charge in [-0.2, -0.15) is 0 Å². The molecule has 1 unspecified atom stereocenters. The van der Waals surface area contributed by atoms with Crippen molar-refractivity contribution in [1.82, 2.24) is 10.4 Å². The number of fused-ring (bicyclic) bond motifs is 1. The fourth-order valence-corrected chi connectivity index (χ4v) is 1.77. The van der Waals surface area contributed by atoms with Gasteiger partial charge in [-0.15, -0.1) is 0 Å². The van der Waals surface area contributed by atoms with E-state index in [0.717, 1.165) is 16.5 Å². The summed E-state index contributed by atoms with van der Waals surface area (Å²) < 4.78 is 0. The van der Waals surface area contributed by atoms with Crippen LogP contribution in [-0.4, -0.2) is 10.9 Å². The van der Waals surface area contributed by atoms with Gasteiger partial charge in [-0.3, -0.25) is 10.2 Å². The minimum absolute atomic E-state index is 0.179. The fraction of sp³-hybridized carbons (Fsp3) is 0.182. The first kappa shape index (κ1) is 10.7. The van der Waals surface area contributed by atoms with Gasteiger partial charge in [0, 0.05) is 29.6 Å². The van der Waals surface area contributed by atoms with Crippen LogP contribution in [0.4, 0.5) is 0 Å². The number of hydrogen-bond acceptors (Lipinski definition) is 3. The molecule has 1 heterocycles. The van der Waals surface area contributed by atoms with Crippen molar-refractivity contribution in [1.29, 1.82) is 0 Å². The minimum Gasteiger partial charge on any atom is -0.361 e. The van der Waals surface area contributed by atoms with Gasteiger partial charge < -0.3 is 10.7 Å². The number of nitrogens with one attached hydrogen (secondary N) is 2. The maximum Gasteiger partial charge on any atom is 0.235 e. The number of H-pyrrole nitrogens is 1. The normalized spacial score (nSPS) is 12.6. The largest absolute Gasteiger partial charge is 0.361 e. The Hall–Kier alpha value is -1.85. The molecule has 0 aliphatic heterocycles. The van der Waals surface area contributed by atoms with Crippen molar-refractivity contribution in [3.05, 3.63) is 36.0 Å². The number of hydrogen-bond donors (Lipinski definition) is 4. The van der Waals surface area contributed by atoms with Crippen LogP contribution in [0.15, 0.2) is 30.5 Å². The van der Waals surface area contributed by atoms with Gasteiger partial charge in [0.25, 0.3) is 0 Å². The summed E-state index contributed by atoms with van der Waals surface area (Å²) in [5.41, 5.74) is 9.97. The minimum atomic E-state index is -0.348. The molecule has 0 aliphatic carbocycles. The molecule has 0 saturated carbocycles. The van der Waals surface area contributed by atoms with E-state index >= 15 is 0 Å². The molecule has 5 heteroatoms. The topological polar surface area (TPSA) is 96.9 Å². The standard InChI is InChI=1S/C11H14N4O/c12-9(5-11(16)15-13)8-6-14-10-4-2-1-3-7(8)10/h1-4,6,9,14H,5,12-13H2,(H,15,16). The smallest absolute Gasteiger partial charge is 0.235 e. The third-order valence-electron chi connectivity index (χ3n) is 2.59. The second kappa shape index (κ2) is 4.34. The summed E-state index contributed by atoms with van der Waals surface area (Å²) in [5, 5.41) is 1.04. The highest BCUT2D eigenvalue weighted by Crippen LogP contribution is 2.24. The molecule has 0 aliphatic rings. The highest BCUT2D eigenvalue weighted by atomic mass is 16.2. The van der Waals surface area contributed by atoms with E-state index in [4.69, 9.17) is 11.6 Å². The van der Waals surface area contributed by atoms with Crippen LogP contribution in [0.2, 0.25) is 0 Å². The first-order valence-corrected chi connectivity index (χ1v) is 5.03. The highest BCUT2D eigenvalue weighted by Gasteiger charge is 2.14. The summed E-state index contributed by atoms with van der Waals surface area (Å²) in [6, 6.07) is 7.48. The highest BCUT2D eigenvalue weighted by molar-refractivity contribution is 5.84. The van der Waals surface area contributed by atoms with Gasteiger partial charge in [0.1, 0.15) is 0 Å². The molecular formula is C11H14N4O. The van der Waals surface area contributed by atoms with E-state index in [0.29, 0.717) is 0 Å². The maximum atomic E-state index is 11.1. The van der Waals surface area contributed by atoms with Gasteiger partial charge in [-0.1, -0.05) is 18.2 Å². The second-order valence-corrected chi connectivity index (χ2v) is 3.67. The Kier molecular flexibility index (Phi) is 2.89. The zero-order valence-corrected chi connectivity index (χ0v) is 8.73. The van der Waals surface area contributed by atoms with Crippen LogP contribution in [0.5, 0.6) is 0 Å². The molecule has 2 aromatic rings. The Morgan fingerprint density at radius 2 is 2.19 bits per heavy atom. The lowest BCUT2D eigenvalue weighted by molar-refractivity contribution is -0.121. The zero-order chi connectivity index (χ0) is 11.5. The second-order valence-electron chi connectivity index (χ2n) is 3.67. The van der Waals surface area contributed by atoms with Gasteiger partial charge in [-0.25, -0.2) is 5.84 Å². The van der Waals surface area contributed by atoms with Gasteiger partial charge in [-0.05, 0) is 11.6 Å². The van der Waals surface area contributed by atoms with Crippen LogP contribution in [0.1, 0.15) is 18.0 Å². The van der Waals surface area contributed by atoms with Crippen LogP contribution in [0.25, 0.3) is 10.9 Å². The first-order valence-electron chi connectivity index (χ1n) is 5.03. The molecule has 1 aromatic carbocycles. The van der Waals surface area contributed by atoms with E-state index in [9.17, 15) is 4.79 Å². The molecule has 1 atom stereocenters.